The number of rotatable bonds is 2. The molecule has 1 aliphatic rings. The van der Waals surface area contributed by atoms with Crippen molar-refractivity contribution in [3.63, 3.8) is 0 Å². The first kappa shape index (κ1) is 14.2. The van der Waals surface area contributed by atoms with Crippen LogP contribution in [0.15, 0.2) is 41.7 Å². The smallest absolute Gasteiger partial charge is 0.364 e. The minimum Gasteiger partial charge on any atom is -0.364 e. The number of hydroxylamine groups is 1. The Bertz CT molecular complexity index is 719. The maximum Gasteiger partial charge on any atom is 0.416 e. The van der Waals surface area contributed by atoms with Crippen molar-refractivity contribution in [1.29, 1.82) is 0 Å². The molecule has 3 rings (SSSR count). The topological polar surface area (TPSA) is 50.6 Å². The van der Waals surface area contributed by atoms with Gasteiger partial charge < -0.3 is 4.84 Å². The lowest BCUT2D eigenvalue weighted by atomic mass is 10.2. The van der Waals surface area contributed by atoms with E-state index in [4.69, 9.17) is 4.84 Å². The molecule has 0 fully saturated rings. The zero-order chi connectivity index (χ0) is 15.7. The minimum atomic E-state index is -4.52. The fraction of sp³-hybridized carbons (Fsp3) is 0.154. The molecule has 114 valence electrons. The van der Waals surface area contributed by atoms with Crippen LogP contribution in [0.3, 0.4) is 0 Å². The summed E-state index contributed by atoms with van der Waals surface area (Å²) in [5.41, 5.74) is -0.969. The Hall–Kier alpha value is -2.71. The van der Waals surface area contributed by atoms with Crippen LogP contribution in [0.5, 0.6) is 0 Å². The molecule has 22 heavy (non-hydrogen) atoms. The monoisotopic (exact) mass is 312 g/mol. The average Bonchev–Trinajstić information content (AvgIpc) is 2.96. The molecule has 2 aromatic heterocycles. The van der Waals surface area contributed by atoms with Gasteiger partial charge in [0.1, 0.15) is 11.5 Å². The number of aliphatic imine (C=N–C) groups is 1. The van der Waals surface area contributed by atoms with E-state index in [0.717, 1.165) is 29.8 Å². The van der Waals surface area contributed by atoms with Crippen LogP contribution >= 0.6 is 0 Å². The molecule has 9 heteroatoms. The maximum atomic E-state index is 13.8. The highest BCUT2D eigenvalue weighted by molar-refractivity contribution is 5.56. The van der Waals surface area contributed by atoms with Crippen LogP contribution in [0.25, 0.3) is 0 Å². The summed E-state index contributed by atoms with van der Waals surface area (Å²) in [4.78, 5) is 16.6. The van der Waals surface area contributed by atoms with Gasteiger partial charge in [-0.3, -0.25) is 4.98 Å². The van der Waals surface area contributed by atoms with Crippen molar-refractivity contribution >= 4 is 12.2 Å². The van der Waals surface area contributed by atoms with E-state index < -0.39 is 23.7 Å². The van der Waals surface area contributed by atoms with Crippen molar-refractivity contribution in [2.45, 2.75) is 12.3 Å². The number of alkyl halides is 3. The largest absolute Gasteiger partial charge is 0.416 e. The van der Waals surface area contributed by atoms with E-state index >= 15 is 0 Å². The maximum absolute atomic E-state index is 13.8. The van der Waals surface area contributed by atoms with Gasteiger partial charge in [-0.25, -0.2) is 14.4 Å². The first-order valence-electron chi connectivity index (χ1n) is 6.08. The number of aromatic nitrogens is 2. The quantitative estimate of drug-likeness (QED) is 0.800. The molecular weight excluding hydrogens is 304 g/mol. The highest BCUT2D eigenvalue weighted by Crippen LogP contribution is 2.34. The van der Waals surface area contributed by atoms with Gasteiger partial charge in [0, 0.05) is 12.4 Å². The fourth-order valence-electron chi connectivity index (χ4n) is 1.92. The Labute approximate surface area is 121 Å². The third-order valence-electron chi connectivity index (χ3n) is 2.92. The lowest BCUT2D eigenvalue weighted by Gasteiger charge is -2.22. The lowest BCUT2D eigenvalue weighted by molar-refractivity contribution is -0.137. The first-order valence-corrected chi connectivity index (χ1v) is 6.08. The van der Waals surface area contributed by atoms with Crippen molar-refractivity contribution in [2.24, 2.45) is 4.99 Å². The second-order valence-electron chi connectivity index (χ2n) is 4.33. The van der Waals surface area contributed by atoms with Crippen molar-refractivity contribution in [2.75, 3.05) is 5.06 Å². The molecule has 0 saturated carbocycles. The highest BCUT2D eigenvalue weighted by Gasteiger charge is 2.34. The van der Waals surface area contributed by atoms with Crippen LogP contribution in [0.2, 0.25) is 0 Å². The van der Waals surface area contributed by atoms with Gasteiger partial charge >= 0.3 is 6.18 Å². The molecule has 0 amide bonds. The standard InChI is InChI=1S/C13H8F4N4O/c14-9-2-1-4-19-11(9)12-20-7-22-21(12)10-6-8(3-5-18-10)13(15,16)17/h1-7,12H. The van der Waals surface area contributed by atoms with Crippen LogP contribution in [-0.4, -0.2) is 16.4 Å². The highest BCUT2D eigenvalue weighted by atomic mass is 19.4. The summed E-state index contributed by atoms with van der Waals surface area (Å²) in [6.07, 6.45) is -2.22. The summed E-state index contributed by atoms with van der Waals surface area (Å²) in [6.45, 7) is 0. The van der Waals surface area contributed by atoms with Gasteiger partial charge in [-0.2, -0.15) is 18.2 Å². The van der Waals surface area contributed by atoms with Crippen LogP contribution in [-0.2, 0) is 11.0 Å². The number of hydrogen-bond donors (Lipinski definition) is 0. The van der Waals surface area contributed by atoms with E-state index in [9.17, 15) is 17.6 Å². The molecule has 0 aromatic carbocycles. The van der Waals surface area contributed by atoms with Crippen molar-refractivity contribution in [3.05, 3.63) is 53.7 Å². The summed E-state index contributed by atoms with van der Waals surface area (Å²) >= 11 is 0. The van der Waals surface area contributed by atoms with Crippen LogP contribution in [0, 0.1) is 5.82 Å². The molecule has 0 bridgehead atoms. The van der Waals surface area contributed by atoms with E-state index in [-0.39, 0.29) is 11.5 Å². The van der Waals surface area contributed by atoms with Gasteiger partial charge in [-0.15, -0.1) is 0 Å². The summed E-state index contributed by atoms with van der Waals surface area (Å²) in [5, 5.41) is 0.959. The Morgan fingerprint density at radius 3 is 2.68 bits per heavy atom. The SMILES string of the molecule is Fc1cccnc1C1N=CON1c1cc(C(F)(F)F)ccn1. The van der Waals surface area contributed by atoms with Gasteiger partial charge in [0.05, 0.1) is 5.56 Å². The predicted molar refractivity (Wildman–Crippen MR) is 68.2 cm³/mol. The molecule has 0 saturated heterocycles. The molecule has 1 atom stereocenters. The van der Waals surface area contributed by atoms with Gasteiger partial charge in [-0.05, 0) is 24.3 Å². The first-order chi connectivity index (χ1) is 10.5. The van der Waals surface area contributed by atoms with Crippen LogP contribution < -0.4 is 5.06 Å². The van der Waals surface area contributed by atoms with Crippen molar-refractivity contribution < 1.29 is 22.4 Å². The van der Waals surface area contributed by atoms with E-state index in [2.05, 4.69) is 15.0 Å². The molecule has 5 nitrogen and oxygen atoms in total. The Balaban J connectivity index is 1.97. The number of halogens is 4. The van der Waals surface area contributed by atoms with Gasteiger partial charge in [0.2, 0.25) is 12.6 Å². The molecule has 0 N–H and O–H groups in total. The van der Waals surface area contributed by atoms with E-state index in [1.54, 1.807) is 0 Å². The molecule has 1 aliphatic heterocycles. The fourth-order valence-corrected chi connectivity index (χ4v) is 1.92. The molecular formula is C13H8F4N4O. The number of hydrogen-bond acceptors (Lipinski definition) is 5. The zero-order valence-corrected chi connectivity index (χ0v) is 10.8. The van der Waals surface area contributed by atoms with Crippen LogP contribution in [0.1, 0.15) is 17.4 Å². The third kappa shape index (κ3) is 2.57. The Morgan fingerprint density at radius 1 is 1.14 bits per heavy atom. The second-order valence-corrected chi connectivity index (χ2v) is 4.33. The minimum absolute atomic E-state index is 0.0736. The van der Waals surface area contributed by atoms with Gasteiger partial charge in [0.25, 0.3) is 0 Å². The van der Waals surface area contributed by atoms with E-state index in [1.165, 1.54) is 18.3 Å². The Kier molecular flexibility index (Phi) is 3.39. The van der Waals surface area contributed by atoms with E-state index in [0.29, 0.717) is 0 Å². The normalized spacial score (nSPS) is 17.6. The number of pyridine rings is 2. The van der Waals surface area contributed by atoms with Crippen molar-refractivity contribution in [1.82, 2.24) is 9.97 Å². The molecule has 0 radical (unpaired) electrons. The zero-order valence-electron chi connectivity index (χ0n) is 10.8. The number of nitrogens with zero attached hydrogens (tertiary/aromatic N) is 4. The summed E-state index contributed by atoms with van der Waals surface area (Å²) in [5.74, 6) is -0.797. The molecule has 0 spiro atoms. The lowest BCUT2D eigenvalue weighted by Crippen LogP contribution is -2.25. The van der Waals surface area contributed by atoms with Gasteiger partial charge in [0.15, 0.2) is 5.82 Å². The van der Waals surface area contributed by atoms with Gasteiger partial charge in [-0.1, -0.05) is 0 Å². The second kappa shape index (κ2) is 5.24. The third-order valence-corrected chi connectivity index (χ3v) is 2.92. The summed E-state index contributed by atoms with van der Waals surface area (Å²) in [7, 11) is 0. The van der Waals surface area contributed by atoms with Crippen molar-refractivity contribution in [3.8, 4) is 0 Å². The predicted octanol–water partition coefficient (Wildman–Crippen LogP) is 3.11. The summed E-state index contributed by atoms with van der Waals surface area (Å²) < 4.78 is 52.0. The van der Waals surface area contributed by atoms with Crippen LogP contribution in [0.4, 0.5) is 23.4 Å². The molecule has 1 unspecified atom stereocenters. The molecule has 3 heterocycles. The molecule has 2 aromatic rings. The van der Waals surface area contributed by atoms with E-state index in [1.807, 2.05) is 0 Å². The Morgan fingerprint density at radius 2 is 1.95 bits per heavy atom. The summed E-state index contributed by atoms with van der Waals surface area (Å²) in [6, 6.07) is 4.19. The number of anilines is 1. The average molecular weight is 312 g/mol. The molecule has 0 aliphatic carbocycles.